The second-order valence-electron chi connectivity index (χ2n) is 4.43. The monoisotopic (exact) mass is 293 g/mol. The highest BCUT2D eigenvalue weighted by atomic mass is 16.7. The molecule has 0 fully saturated rings. The molecule has 2 aromatic rings. The van der Waals surface area contributed by atoms with Crippen LogP contribution in [-0.4, -0.2) is 32.1 Å². The van der Waals surface area contributed by atoms with Crippen LogP contribution in [0.5, 0.6) is 23.3 Å². The van der Waals surface area contributed by atoms with Gasteiger partial charge >= 0.3 is 5.97 Å². The molecule has 1 aromatic heterocycles. The first-order chi connectivity index (χ1) is 9.95. The third-order valence-electron chi connectivity index (χ3n) is 2.62. The van der Waals surface area contributed by atoms with Crippen LogP contribution >= 0.6 is 0 Å². The Hall–Kier alpha value is -2.83. The van der Waals surface area contributed by atoms with E-state index in [9.17, 15) is 15.0 Å². The van der Waals surface area contributed by atoms with Crippen LogP contribution in [-0.2, 0) is 4.79 Å². The first kappa shape index (κ1) is 14.6. The first-order valence-corrected chi connectivity index (χ1v) is 6.22. The molecule has 2 rings (SSSR count). The fourth-order valence-corrected chi connectivity index (χ4v) is 1.67. The Morgan fingerprint density at radius 2 is 1.67 bits per heavy atom. The van der Waals surface area contributed by atoms with E-state index in [2.05, 4.69) is 0 Å². The average Bonchev–Trinajstić information content (AvgIpc) is 2.73. The van der Waals surface area contributed by atoms with Crippen molar-refractivity contribution in [1.82, 2.24) is 4.73 Å². The highest BCUT2D eigenvalue weighted by Crippen LogP contribution is 2.20. The molecule has 7 nitrogen and oxygen atoms in total. The molecule has 0 aliphatic heterocycles. The number of benzene rings is 1. The van der Waals surface area contributed by atoms with Gasteiger partial charge in [-0.05, 0) is 31.2 Å². The molecule has 0 spiro atoms. The third kappa shape index (κ3) is 3.82. The highest BCUT2D eigenvalue weighted by molar-refractivity contribution is 5.70. The van der Waals surface area contributed by atoms with Crippen LogP contribution in [0.3, 0.4) is 0 Å². The summed E-state index contributed by atoms with van der Waals surface area (Å²) in [5, 5.41) is 27.8. The van der Waals surface area contributed by atoms with E-state index in [1.165, 1.54) is 24.3 Å². The predicted octanol–water partition coefficient (Wildman–Crippen LogP) is 1.42. The summed E-state index contributed by atoms with van der Waals surface area (Å²) in [6.07, 6.45) is -0.570. The van der Waals surface area contributed by atoms with Crippen molar-refractivity contribution in [3.8, 4) is 23.3 Å². The molecule has 0 saturated heterocycles. The average molecular weight is 293 g/mol. The van der Waals surface area contributed by atoms with Gasteiger partial charge in [-0.2, -0.15) is 0 Å². The lowest BCUT2D eigenvalue weighted by Gasteiger charge is -2.14. The molecular weight excluding hydrogens is 278 g/mol. The SMILES string of the molecule is CC(CC(=O)On1c(O)ccc1O)Oc1ccc(O)cc1. The summed E-state index contributed by atoms with van der Waals surface area (Å²) >= 11 is 0. The van der Waals surface area contributed by atoms with Crippen LogP contribution < -0.4 is 9.57 Å². The first-order valence-electron chi connectivity index (χ1n) is 6.22. The van der Waals surface area contributed by atoms with Crippen LogP contribution in [0, 0.1) is 0 Å². The summed E-state index contributed by atoms with van der Waals surface area (Å²) in [6.45, 7) is 1.67. The Kier molecular flexibility index (Phi) is 4.22. The molecule has 112 valence electrons. The predicted molar refractivity (Wildman–Crippen MR) is 72.2 cm³/mol. The number of rotatable bonds is 5. The van der Waals surface area contributed by atoms with Crippen molar-refractivity contribution >= 4 is 5.97 Å². The van der Waals surface area contributed by atoms with Crippen molar-refractivity contribution in [2.75, 3.05) is 0 Å². The number of hydrogen-bond acceptors (Lipinski definition) is 6. The number of hydrogen-bond donors (Lipinski definition) is 3. The minimum atomic E-state index is -0.678. The quantitative estimate of drug-likeness (QED) is 0.770. The van der Waals surface area contributed by atoms with Gasteiger partial charge in [0.2, 0.25) is 11.8 Å². The second kappa shape index (κ2) is 6.08. The van der Waals surface area contributed by atoms with Crippen LogP contribution in [0.15, 0.2) is 36.4 Å². The summed E-state index contributed by atoms with van der Waals surface area (Å²) in [4.78, 5) is 16.5. The molecule has 0 radical (unpaired) electrons. The number of carbonyl (C=O) groups excluding carboxylic acids is 1. The van der Waals surface area contributed by atoms with Gasteiger partial charge in [-0.1, -0.05) is 0 Å². The zero-order chi connectivity index (χ0) is 15.4. The lowest BCUT2D eigenvalue weighted by molar-refractivity contribution is -0.147. The van der Waals surface area contributed by atoms with Crippen molar-refractivity contribution in [1.29, 1.82) is 0 Å². The third-order valence-corrected chi connectivity index (χ3v) is 2.62. The van der Waals surface area contributed by atoms with Gasteiger partial charge in [0.05, 0.1) is 6.42 Å². The number of ether oxygens (including phenoxy) is 1. The van der Waals surface area contributed by atoms with Gasteiger partial charge in [-0.25, -0.2) is 4.79 Å². The molecule has 1 atom stereocenters. The fourth-order valence-electron chi connectivity index (χ4n) is 1.67. The number of carbonyl (C=O) groups is 1. The summed E-state index contributed by atoms with van der Waals surface area (Å²) in [5.41, 5.74) is 0. The summed E-state index contributed by atoms with van der Waals surface area (Å²) < 4.78 is 6.09. The number of aromatic nitrogens is 1. The molecule has 1 heterocycles. The Bertz CT molecular complexity index is 599. The van der Waals surface area contributed by atoms with E-state index >= 15 is 0 Å². The van der Waals surface area contributed by atoms with Gasteiger partial charge in [-0.15, -0.1) is 4.73 Å². The van der Waals surface area contributed by atoms with Crippen molar-refractivity contribution < 1.29 is 29.7 Å². The van der Waals surface area contributed by atoms with Gasteiger partial charge in [-0.3, -0.25) is 0 Å². The molecular formula is C14H15NO6. The minimum absolute atomic E-state index is 0.0854. The summed E-state index contributed by atoms with van der Waals surface area (Å²) in [7, 11) is 0. The Morgan fingerprint density at radius 3 is 2.24 bits per heavy atom. The maximum Gasteiger partial charge on any atom is 0.336 e. The number of nitrogens with zero attached hydrogens (tertiary/aromatic N) is 1. The van der Waals surface area contributed by atoms with Gasteiger partial charge in [0.15, 0.2) is 0 Å². The smallest absolute Gasteiger partial charge is 0.336 e. The molecule has 1 unspecified atom stereocenters. The van der Waals surface area contributed by atoms with E-state index in [0.29, 0.717) is 10.5 Å². The fraction of sp³-hybridized carbons (Fsp3) is 0.214. The molecule has 0 aliphatic rings. The van der Waals surface area contributed by atoms with Crippen LogP contribution in [0.25, 0.3) is 0 Å². The maximum absolute atomic E-state index is 11.7. The topological polar surface area (TPSA) is 101 Å². The number of aromatic hydroxyl groups is 3. The zero-order valence-electron chi connectivity index (χ0n) is 11.3. The van der Waals surface area contributed by atoms with Crippen LogP contribution in [0.2, 0.25) is 0 Å². The maximum atomic E-state index is 11.7. The molecule has 0 saturated carbocycles. The molecule has 0 amide bonds. The second-order valence-corrected chi connectivity index (χ2v) is 4.43. The Balaban J connectivity index is 1.89. The van der Waals surface area contributed by atoms with Gasteiger partial charge < -0.3 is 24.9 Å². The molecule has 21 heavy (non-hydrogen) atoms. The Morgan fingerprint density at radius 1 is 1.10 bits per heavy atom. The lowest BCUT2D eigenvalue weighted by atomic mass is 10.3. The molecule has 7 heteroatoms. The van der Waals surface area contributed by atoms with E-state index < -0.39 is 12.1 Å². The van der Waals surface area contributed by atoms with Gasteiger partial charge in [0, 0.05) is 12.1 Å². The van der Waals surface area contributed by atoms with E-state index in [4.69, 9.17) is 14.7 Å². The van der Waals surface area contributed by atoms with Gasteiger partial charge in [0.25, 0.3) is 0 Å². The summed E-state index contributed by atoms with van der Waals surface area (Å²) in [6, 6.07) is 8.46. The highest BCUT2D eigenvalue weighted by Gasteiger charge is 2.16. The van der Waals surface area contributed by atoms with Crippen LogP contribution in [0.4, 0.5) is 0 Å². The number of phenols is 1. The van der Waals surface area contributed by atoms with E-state index in [1.54, 1.807) is 19.1 Å². The van der Waals surface area contributed by atoms with Crippen molar-refractivity contribution in [2.45, 2.75) is 19.4 Å². The van der Waals surface area contributed by atoms with Crippen molar-refractivity contribution in [3.05, 3.63) is 36.4 Å². The van der Waals surface area contributed by atoms with E-state index in [-0.39, 0.29) is 23.9 Å². The normalized spacial score (nSPS) is 11.9. The lowest BCUT2D eigenvalue weighted by Crippen LogP contribution is -2.25. The standard InChI is InChI=1S/C14H15NO6/c1-9(20-11-4-2-10(16)3-5-11)8-14(19)21-15-12(17)6-7-13(15)18/h2-7,9,16-18H,8H2,1H3. The zero-order valence-corrected chi connectivity index (χ0v) is 11.3. The van der Waals surface area contributed by atoms with E-state index in [0.717, 1.165) is 0 Å². The number of phenolic OH excluding ortho intramolecular Hbond substituents is 1. The van der Waals surface area contributed by atoms with Crippen LogP contribution in [0.1, 0.15) is 13.3 Å². The minimum Gasteiger partial charge on any atom is -0.508 e. The molecule has 3 N–H and O–H groups in total. The largest absolute Gasteiger partial charge is 0.508 e. The summed E-state index contributed by atoms with van der Waals surface area (Å²) in [5.74, 6) is -0.822. The van der Waals surface area contributed by atoms with Crippen molar-refractivity contribution in [2.24, 2.45) is 0 Å². The van der Waals surface area contributed by atoms with E-state index in [1.807, 2.05) is 0 Å². The van der Waals surface area contributed by atoms with Crippen molar-refractivity contribution in [3.63, 3.8) is 0 Å². The molecule has 0 aliphatic carbocycles. The molecule has 0 bridgehead atoms. The molecule has 1 aromatic carbocycles. The Labute approximate surface area is 120 Å². The van der Waals surface area contributed by atoms with Gasteiger partial charge in [0.1, 0.15) is 17.6 Å².